The second-order valence-electron chi connectivity index (χ2n) is 11.4. The third-order valence-corrected chi connectivity index (χ3v) is 8.30. The number of aromatic amines is 1. The molecule has 6 nitrogen and oxygen atoms in total. The van der Waals surface area contributed by atoms with E-state index in [9.17, 15) is 9.59 Å². The molecular formula is C38H38N4O2. The number of nitrogens with one attached hydrogen (secondary N) is 3. The molecule has 0 saturated carbocycles. The van der Waals surface area contributed by atoms with Crippen molar-refractivity contribution in [3.63, 3.8) is 0 Å². The summed E-state index contributed by atoms with van der Waals surface area (Å²) in [5.74, 6) is 0.0473. The fourth-order valence-electron chi connectivity index (χ4n) is 6.09. The average Bonchev–Trinajstić information content (AvgIpc) is 3.61. The van der Waals surface area contributed by atoms with Crippen LogP contribution >= 0.6 is 0 Å². The van der Waals surface area contributed by atoms with E-state index < -0.39 is 0 Å². The Balaban J connectivity index is 0.917. The van der Waals surface area contributed by atoms with Gasteiger partial charge in [0.1, 0.15) is 0 Å². The Labute approximate surface area is 258 Å². The normalized spacial score (nSPS) is 13.8. The van der Waals surface area contributed by atoms with Crippen molar-refractivity contribution in [2.75, 3.05) is 13.1 Å². The van der Waals surface area contributed by atoms with Gasteiger partial charge in [-0.05, 0) is 47.2 Å². The second-order valence-corrected chi connectivity index (χ2v) is 11.4. The molecule has 0 aliphatic carbocycles. The molecule has 0 fully saturated rings. The summed E-state index contributed by atoms with van der Waals surface area (Å²) in [7, 11) is 0. The number of hydrogen-bond donors (Lipinski definition) is 3. The van der Waals surface area contributed by atoms with Gasteiger partial charge < -0.3 is 15.6 Å². The number of benzene rings is 4. The minimum atomic E-state index is -0.0368. The van der Waals surface area contributed by atoms with Gasteiger partial charge in [-0.2, -0.15) is 0 Å². The summed E-state index contributed by atoms with van der Waals surface area (Å²) in [4.78, 5) is 34.2. The van der Waals surface area contributed by atoms with Gasteiger partial charge in [0.2, 0.25) is 11.8 Å². The van der Waals surface area contributed by atoms with E-state index >= 15 is 0 Å². The highest BCUT2D eigenvalue weighted by Crippen LogP contribution is 2.39. The van der Waals surface area contributed by atoms with Gasteiger partial charge in [0, 0.05) is 36.3 Å². The molecule has 222 valence electrons. The first-order valence-corrected chi connectivity index (χ1v) is 15.6. The van der Waals surface area contributed by atoms with Crippen LogP contribution in [0.15, 0.2) is 114 Å². The Morgan fingerprint density at radius 3 is 2.02 bits per heavy atom. The highest BCUT2D eigenvalue weighted by Gasteiger charge is 2.29. The molecule has 2 amide bonds. The Morgan fingerprint density at radius 1 is 0.659 bits per heavy atom. The lowest BCUT2D eigenvalue weighted by molar-refractivity contribution is -0.121. The van der Waals surface area contributed by atoms with Gasteiger partial charge in [0.05, 0.1) is 23.5 Å². The molecule has 44 heavy (non-hydrogen) atoms. The molecule has 6 rings (SSSR count). The number of carbonyl (C=O) groups excluding carboxylic acids is 2. The molecule has 0 radical (unpaired) electrons. The standard InChI is InChI=1S/C38H38N4O2/c43-35(25-31-29-19-9-11-21-33(29)41-37(31)27-15-5-3-6-16-27)39-23-13-1-2-14-24-40-36(44)26-32-30-20-10-12-22-34(30)42-38(32)28-17-7-4-8-18-28/h3-12,15-22,31,42H,1-2,13-14,23-26H2,(H,39,43)(H,40,44). The summed E-state index contributed by atoms with van der Waals surface area (Å²) in [6.07, 6.45) is 4.55. The number of unbranched alkanes of at least 4 members (excludes halogenated alkanes) is 3. The number of hydrogen-bond acceptors (Lipinski definition) is 3. The molecule has 6 heteroatoms. The fraction of sp³-hybridized carbons (Fsp3) is 0.237. The smallest absolute Gasteiger partial charge is 0.224 e. The summed E-state index contributed by atoms with van der Waals surface area (Å²) in [6, 6.07) is 36.5. The van der Waals surface area contributed by atoms with Crippen LogP contribution in [-0.4, -0.2) is 35.6 Å². The SMILES string of the molecule is O=C(Cc1c(-c2ccccc2)[nH]c2ccccc12)NCCCCCCNC(=O)CC1C(c2ccccc2)=Nc2ccccc21. The molecule has 1 unspecified atom stereocenters. The summed E-state index contributed by atoms with van der Waals surface area (Å²) >= 11 is 0. The summed E-state index contributed by atoms with van der Waals surface area (Å²) in [5.41, 5.74) is 8.25. The van der Waals surface area contributed by atoms with Crippen LogP contribution in [0.25, 0.3) is 22.2 Å². The largest absolute Gasteiger partial charge is 0.356 e. The molecule has 4 aromatic carbocycles. The lowest BCUT2D eigenvalue weighted by Crippen LogP contribution is -2.28. The fourth-order valence-corrected chi connectivity index (χ4v) is 6.09. The van der Waals surface area contributed by atoms with Gasteiger partial charge in [-0.1, -0.05) is 110 Å². The predicted octanol–water partition coefficient (Wildman–Crippen LogP) is 7.48. The van der Waals surface area contributed by atoms with Gasteiger partial charge >= 0.3 is 0 Å². The Morgan fingerprint density at radius 2 is 1.27 bits per heavy atom. The van der Waals surface area contributed by atoms with E-state index in [1.54, 1.807) is 0 Å². The third-order valence-electron chi connectivity index (χ3n) is 8.30. The van der Waals surface area contributed by atoms with Gasteiger partial charge in [-0.3, -0.25) is 14.6 Å². The number of aromatic nitrogens is 1. The molecule has 1 aliphatic rings. The van der Waals surface area contributed by atoms with Crippen LogP contribution < -0.4 is 10.6 Å². The predicted molar refractivity (Wildman–Crippen MR) is 178 cm³/mol. The molecule has 5 aromatic rings. The van der Waals surface area contributed by atoms with E-state index in [0.717, 1.165) is 75.9 Å². The van der Waals surface area contributed by atoms with Crippen LogP contribution in [0.3, 0.4) is 0 Å². The quantitative estimate of drug-likeness (QED) is 0.126. The monoisotopic (exact) mass is 582 g/mol. The lowest BCUT2D eigenvalue weighted by atomic mass is 9.89. The summed E-state index contributed by atoms with van der Waals surface area (Å²) < 4.78 is 0. The zero-order valence-corrected chi connectivity index (χ0v) is 24.9. The molecule has 1 atom stereocenters. The number of amides is 2. The van der Waals surface area contributed by atoms with Gasteiger partial charge in [0.15, 0.2) is 0 Å². The first-order valence-electron chi connectivity index (χ1n) is 15.6. The van der Waals surface area contributed by atoms with Crippen molar-refractivity contribution in [1.29, 1.82) is 0 Å². The first-order chi connectivity index (χ1) is 21.7. The van der Waals surface area contributed by atoms with E-state index in [2.05, 4.69) is 58.1 Å². The summed E-state index contributed by atoms with van der Waals surface area (Å²) in [5, 5.41) is 7.31. The van der Waals surface area contributed by atoms with E-state index in [1.165, 1.54) is 0 Å². The molecule has 1 aromatic heterocycles. The Bertz CT molecular complexity index is 1760. The number of nitrogens with zero attached hydrogens (tertiary/aromatic N) is 1. The van der Waals surface area contributed by atoms with Crippen LogP contribution in [-0.2, 0) is 16.0 Å². The maximum Gasteiger partial charge on any atom is 0.224 e. The first kappa shape index (κ1) is 29.1. The van der Waals surface area contributed by atoms with Crippen molar-refractivity contribution in [3.8, 4) is 11.3 Å². The zero-order chi connectivity index (χ0) is 30.1. The Kier molecular flexibility index (Phi) is 9.27. The van der Waals surface area contributed by atoms with Crippen LogP contribution in [0.2, 0.25) is 0 Å². The number of fused-ring (bicyclic) bond motifs is 2. The summed E-state index contributed by atoms with van der Waals surface area (Å²) in [6.45, 7) is 1.30. The van der Waals surface area contributed by atoms with Gasteiger partial charge in [0.25, 0.3) is 0 Å². The number of carbonyl (C=O) groups is 2. The number of H-pyrrole nitrogens is 1. The molecule has 0 saturated heterocycles. The average molecular weight is 583 g/mol. The second kappa shape index (κ2) is 14.0. The minimum absolute atomic E-state index is 0.0334. The van der Waals surface area contributed by atoms with E-state index in [0.29, 0.717) is 25.9 Å². The van der Waals surface area contributed by atoms with Crippen molar-refractivity contribution >= 4 is 34.1 Å². The Hall–Kier alpha value is -4.97. The van der Waals surface area contributed by atoms with E-state index in [-0.39, 0.29) is 17.7 Å². The molecular weight excluding hydrogens is 544 g/mol. The van der Waals surface area contributed by atoms with Crippen molar-refractivity contribution in [1.82, 2.24) is 15.6 Å². The highest BCUT2D eigenvalue weighted by atomic mass is 16.2. The molecule has 2 heterocycles. The van der Waals surface area contributed by atoms with Crippen molar-refractivity contribution in [2.24, 2.45) is 4.99 Å². The van der Waals surface area contributed by atoms with Gasteiger partial charge in [-0.25, -0.2) is 0 Å². The number of para-hydroxylation sites is 2. The van der Waals surface area contributed by atoms with E-state index in [4.69, 9.17) is 4.99 Å². The highest BCUT2D eigenvalue weighted by molar-refractivity contribution is 6.11. The van der Waals surface area contributed by atoms with E-state index in [1.807, 2.05) is 66.7 Å². The van der Waals surface area contributed by atoms with Crippen molar-refractivity contribution in [2.45, 2.75) is 44.4 Å². The van der Waals surface area contributed by atoms with Gasteiger partial charge in [-0.15, -0.1) is 0 Å². The zero-order valence-electron chi connectivity index (χ0n) is 24.9. The number of aliphatic imine (C=N–C) groups is 1. The molecule has 3 N–H and O–H groups in total. The van der Waals surface area contributed by atoms with Crippen LogP contribution in [0.1, 0.15) is 54.7 Å². The van der Waals surface area contributed by atoms with Crippen LogP contribution in [0.5, 0.6) is 0 Å². The van der Waals surface area contributed by atoms with Crippen LogP contribution in [0.4, 0.5) is 5.69 Å². The van der Waals surface area contributed by atoms with Crippen molar-refractivity contribution < 1.29 is 9.59 Å². The van der Waals surface area contributed by atoms with Crippen molar-refractivity contribution in [3.05, 3.63) is 126 Å². The third kappa shape index (κ3) is 6.81. The topological polar surface area (TPSA) is 86.4 Å². The number of rotatable bonds is 13. The molecule has 0 spiro atoms. The molecule has 1 aliphatic heterocycles. The maximum atomic E-state index is 12.9. The lowest BCUT2D eigenvalue weighted by Gasteiger charge is -2.15. The maximum absolute atomic E-state index is 12.9. The van der Waals surface area contributed by atoms with Crippen LogP contribution in [0, 0.1) is 0 Å². The molecule has 0 bridgehead atoms. The minimum Gasteiger partial charge on any atom is -0.356 e.